The second-order valence-corrected chi connectivity index (χ2v) is 7.37. The average molecular weight is 367 g/mol. The fourth-order valence-electron chi connectivity index (χ4n) is 2.84. The van der Waals surface area contributed by atoms with Crippen molar-refractivity contribution in [2.75, 3.05) is 13.2 Å². The minimum absolute atomic E-state index is 0.174. The van der Waals surface area contributed by atoms with Gasteiger partial charge in [-0.15, -0.1) is 11.3 Å². The van der Waals surface area contributed by atoms with E-state index < -0.39 is 0 Å². The highest BCUT2D eigenvalue weighted by atomic mass is 35.5. The van der Waals surface area contributed by atoms with Crippen molar-refractivity contribution >= 4 is 22.9 Å². The lowest BCUT2D eigenvalue weighted by molar-refractivity contribution is -0.0413. The summed E-state index contributed by atoms with van der Waals surface area (Å²) in [6.45, 7) is 9.75. The van der Waals surface area contributed by atoms with E-state index in [1.54, 1.807) is 11.3 Å². The van der Waals surface area contributed by atoms with Gasteiger partial charge in [0.1, 0.15) is 0 Å². The van der Waals surface area contributed by atoms with Crippen molar-refractivity contribution in [3.63, 3.8) is 0 Å². The van der Waals surface area contributed by atoms with Crippen LogP contribution < -0.4 is 0 Å². The van der Waals surface area contributed by atoms with E-state index in [1.165, 1.54) is 26.4 Å². The van der Waals surface area contributed by atoms with E-state index >= 15 is 0 Å². The Balaban J connectivity index is 0.00000100. The number of aryl methyl sites for hydroxylation is 2. The van der Waals surface area contributed by atoms with Crippen LogP contribution in [0.1, 0.15) is 59.9 Å². The maximum absolute atomic E-state index is 6.19. The van der Waals surface area contributed by atoms with Gasteiger partial charge in [0.05, 0.1) is 18.1 Å². The molecule has 132 valence electrons. The molecular formula is C20H27ClO2S. The molecule has 0 saturated carbocycles. The summed E-state index contributed by atoms with van der Waals surface area (Å²) in [6.07, 6.45) is 2.99. The third-order valence-corrected chi connectivity index (χ3v) is 5.31. The van der Waals surface area contributed by atoms with Crippen LogP contribution in [0.3, 0.4) is 0 Å². The number of hydrogen-bond acceptors (Lipinski definition) is 3. The zero-order valence-electron chi connectivity index (χ0n) is 15.0. The molecule has 1 aromatic carbocycles. The second kappa shape index (κ2) is 9.57. The molecule has 2 aromatic rings. The molecular weight excluding hydrogens is 340 g/mol. The smallest absolute Gasteiger partial charge is 0.193 e. The topological polar surface area (TPSA) is 18.5 Å². The summed E-state index contributed by atoms with van der Waals surface area (Å²) in [5, 5.41) is 0.811. The average Bonchev–Trinajstić information content (AvgIpc) is 3.23. The van der Waals surface area contributed by atoms with E-state index in [1.807, 2.05) is 19.9 Å². The number of rotatable bonds is 5. The quantitative estimate of drug-likeness (QED) is 0.615. The lowest BCUT2D eigenvalue weighted by Gasteiger charge is -2.09. The maximum Gasteiger partial charge on any atom is 0.193 e. The Morgan fingerprint density at radius 3 is 2.46 bits per heavy atom. The van der Waals surface area contributed by atoms with Gasteiger partial charge in [-0.2, -0.15) is 0 Å². The molecule has 0 unspecified atom stereocenters. The van der Waals surface area contributed by atoms with Gasteiger partial charge >= 0.3 is 0 Å². The zero-order valence-corrected chi connectivity index (χ0v) is 16.6. The van der Waals surface area contributed by atoms with Crippen LogP contribution in [0.5, 0.6) is 0 Å². The predicted octanol–water partition coefficient (Wildman–Crippen LogP) is 6.32. The number of halogens is 1. The lowest BCUT2D eigenvalue weighted by Crippen LogP contribution is -1.97. The van der Waals surface area contributed by atoms with Gasteiger partial charge in [0.2, 0.25) is 0 Å². The SMILES string of the molecule is CC.CCCc1ccc(Cl)cc1Cc1cc(C2OCCO2)sc1C. The Morgan fingerprint density at radius 1 is 1.08 bits per heavy atom. The fourth-order valence-corrected chi connectivity index (χ4v) is 4.08. The molecule has 0 aliphatic carbocycles. The normalized spacial score (nSPS) is 14.5. The van der Waals surface area contributed by atoms with Gasteiger partial charge in [0, 0.05) is 9.90 Å². The van der Waals surface area contributed by atoms with Gasteiger partial charge in [-0.3, -0.25) is 0 Å². The Hall–Kier alpha value is -0.870. The first-order valence-electron chi connectivity index (χ1n) is 8.77. The highest BCUT2D eigenvalue weighted by Gasteiger charge is 2.21. The Morgan fingerprint density at radius 2 is 1.79 bits per heavy atom. The number of hydrogen-bond donors (Lipinski definition) is 0. The molecule has 0 N–H and O–H groups in total. The standard InChI is InChI=1S/C18H21ClO2S.C2H6/c1-3-4-13-5-6-16(19)10-15(13)9-14-11-17(22-12(14)2)18-20-7-8-21-18;1-2/h5-6,10-11,18H,3-4,7-9H2,1-2H3;1-2H3. The van der Waals surface area contributed by atoms with Crippen molar-refractivity contribution in [1.82, 2.24) is 0 Å². The Bertz CT molecular complexity index is 645. The van der Waals surface area contributed by atoms with E-state index in [9.17, 15) is 0 Å². The molecule has 2 nitrogen and oxygen atoms in total. The van der Waals surface area contributed by atoms with Crippen molar-refractivity contribution < 1.29 is 9.47 Å². The van der Waals surface area contributed by atoms with Gasteiger partial charge in [-0.1, -0.05) is 44.9 Å². The van der Waals surface area contributed by atoms with Crippen molar-refractivity contribution in [1.29, 1.82) is 0 Å². The highest BCUT2D eigenvalue weighted by molar-refractivity contribution is 7.12. The van der Waals surface area contributed by atoms with Gasteiger partial charge < -0.3 is 9.47 Å². The summed E-state index contributed by atoms with van der Waals surface area (Å²) in [4.78, 5) is 2.50. The molecule has 1 fully saturated rings. The monoisotopic (exact) mass is 366 g/mol. The third kappa shape index (κ3) is 4.82. The van der Waals surface area contributed by atoms with Crippen molar-refractivity contribution in [2.45, 2.75) is 53.2 Å². The Kier molecular flexibility index (Phi) is 7.76. The predicted molar refractivity (Wildman–Crippen MR) is 103 cm³/mol. The van der Waals surface area contributed by atoms with E-state index in [4.69, 9.17) is 21.1 Å². The van der Waals surface area contributed by atoms with Gasteiger partial charge in [-0.25, -0.2) is 0 Å². The largest absolute Gasteiger partial charge is 0.345 e. The van der Waals surface area contributed by atoms with Gasteiger partial charge in [0.15, 0.2) is 6.29 Å². The molecule has 0 atom stereocenters. The minimum Gasteiger partial charge on any atom is -0.345 e. The van der Waals surface area contributed by atoms with Crippen LogP contribution in [0.2, 0.25) is 5.02 Å². The van der Waals surface area contributed by atoms with Crippen LogP contribution in [0.4, 0.5) is 0 Å². The number of thiophene rings is 1. The highest BCUT2D eigenvalue weighted by Crippen LogP contribution is 2.33. The van der Waals surface area contributed by atoms with Crippen molar-refractivity contribution in [3.05, 3.63) is 55.7 Å². The minimum atomic E-state index is -0.174. The van der Waals surface area contributed by atoms with Crippen LogP contribution in [0, 0.1) is 6.92 Å². The second-order valence-electron chi connectivity index (χ2n) is 5.64. The molecule has 0 bridgehead atoms. The third-order valence-electron chi connectivity index (χ3n) is 3.96. The summed E-state index contributed by atoms with van der Waals surface area (Å²) in [6, 6.07) is 8.48. The molecule has 1 aliphatic rings. The summed E-state index contributed by atoms with van der Waals surface area (Å²) < 4.78 is 11.2. The first-order chi connectivity index (χ1) is 11.7. The molecule has 1 aliphatic heterocycles. The first-order valence-corrected chi connectivity index (χ1v) is 9.96. The van der Waals surface area contributed by atoms with E-state index in [2.05, 4.69) is 32.0 Å². The van der Waals surface area contributed by atoms with E-state index in [0.29, 0.717) is 13.2 Å². The maximum atomic E-state index is 6.19. The fraction of sp³-hybridized carbons (Fsp3) is 0.500. The van der Waals surface area contributed by atoms with Crippen LogP contribution in [-0.4, -0.2) is 13.2 Å². The zero-order chi connectivity index (χ0) is 17.5. The lowest BCUT2D eigenvalue weighted by atomic mass is 9.97. The molecule has 0 radical (unpaired) electrons. The summed E-state index contributed by atoms with van der Waals surface area (Å²) in [5.74, 6) is 0. The summed E-state index contributed by atoms with van der Waals surface area (Å²) in [5.41, 5.74) is 4.07. The van der Waals surface area contributed by atoms with Crippen molar-refractivity contribution in [3.8, 4) is 0 Å². The van der Waals surface area contributed by atoms with E-state index in [0.717, 1.165) is 24.3 Å². The Labute approximate surface area is 154 Å². The first kappa shape index (κ1) is 19.5. The molecule has 0 spiro atoms. The molecule has 1 aromatic heterocycles. The van der Waals surface area contributed by atoms with Crippen LogP contribution in [0.25, 0.3) is 0 Å². The number of ether oxygens (including phenoxy) is 2. The van der Waals surface area contributed by atoms with Crippen LogP contribution >= 0.6 is 22.9 Å². The van der Waals surface area contributed by atoms with E-state index in [-0.39, 0.29) is 6.29 Å². The van der Waals surface area contributed by atoms with Gasteiger partial charge in [-0.05, 0) is 54.7 Å². The molecule has 3 rings (SSSR count). The molecule has 4 heteroatoms. The van der Waals surface area contributed by atoms with Gasteiger partial charge in [0.25, 0.3) is 0 Å². The molecule has 1 saturated heterocycles. The summed E-state index contributed by atoms with van der Waals surface area (Å²) >= 11 is 7.97. The number of benzene rings is 1. The molecule has 0 amide bonds. The summed E-state index contributed by atoms with van der Waals surface area (Å²) in [7, 11) is 0. The molecule has 24 heavy (non-hydrogen) atoms. The van der Waals surface area contributed by atoms with Crippen LogP contribution in [0.15, 0.2) is 24.3 Å². The van der Waals surface area contributed by atoms with Crippen molar-refractivity contribution in [2.24, 2.45) is 0 Å². The molecule has 2 heterocycles. The van der Waals surface area contributed by atoms with Crippen LogP contribution in [-0.2, 0) is 22.3 Å².